The van der Waals surface area contributed by atoms with Gasteiger partial charge in [0.05, 0.1) is 12.7 Å². The van der Waals surface area contributed by atoms with Gasteiger partial charge in [0.15, 0.2) is 0 Å². The fourth-order valence-electron chi connectivity index (χ4n) is 2.44. The Hall–Kier alpha value is -1.02. The first-order chi connectivity index (χ1) is 9.77. The third kappa shape index (κ3) is 6.95. The van der Waals surface area contributed by atoms with Crippen molar-refractivity contribution in [2.75, 3.05) is 6.61 Å². The summed E-state index contributed by atoms with van der Waals surface area (Å²) < 4.78 is 5.47. The molecule has 0 amide bonds. The Morgan fingerprint density at radius 1 is 1.00 bits per heavy atom. The third-order valence-corrected chi connectivity index (χ3v) is 3.63. The molecule has 1 aromatic carbocycles. The summed E-state index contributed by atoms with van der Waals surface area (Å²) in [5.41, 5.74) is 0.974. The Labute approximate surface area is 124 Å². The molecule has 0 aliphatic heterocycles. The number of unbranched alkanes of at least 4 members (excludes halogenated alkanes) is 6. The summed E-state index contributed by atoms with van der Waals surface area (Å²) in [5, 5.41) is 10.2. The summed E-state index contributed by atoms with van der Waals surface area (Å²) in [6, 6.07) is 7.82. The third-order valence-electron chi connectivity index (χ3n) is 3.63. The zero-order valence-corrected chi connectivity index (χ0v) is 13.1. The molecule has 2 heteroatoms. The molecule has 0 bridgehead atoms. The molecule has 0 aromatic heterocycles. The van der Waals surface area contributed by atoms with Gasteiger partial charge in [-0.05, 0) is 31.0 Å². The molecule has 0 spiro atoms. The van der Waals surface area contributed by atoms with Crippen LogP contribution in [-0.2, 0) is 0 Å². The molecule has 1 atom stereocenters. The van der Waals surface area contributed by atoms with E-state index in [4.69, 9.17) is 4.74 Å². The molecule has 0 aliphatic carbocycles. The molecule has 0 aliphatic rings. The SMILES string of the molecule is CCCCCCCCCC(O)c1cccc(OCC)c1. The fraction of sp³-hybridized carbons (Fsp3) is 0.667. The van der Waals surface area contributed by atoms with Crippen molar-refractivity contribution in [2.45, 2.75) is 71.3 Å². The van der Waals surface area contributed by atoms with Crippen molar-refractivity contribution in [3.63, 3.8) is 0 Å². The summed E-state index contributed by atoms with van der Waals surface area (Å²) in [6.45, 7) is 4.88. The van der Waals surface area contributed by atoms with Crippen molar-refractivity contribution in [2.24, 2.45) is 0 Å². The topological polar surface area (TPSA) is 29.5 Å². The van der Waals surface area contributed by atoms with E-state index in [-0.39, 0.29) is 6.10 Å². The monoisotopic (exact) mass is 278 g/mol. The zero-order chi connectivity index (χ0) is 14.6. The second-order valence-electron chi connectivity index (χ2n) is 5.43. The predicted molar refractivity (Wildman–Crippen MR) is 85.2 cm³/mol. The van der Waals surface area contributed by atoms with Gasteiger partial charge in [0.2, 0.25) is 0 Å². The lowest BCUT2D eigenvalue weighted by molar-refractivity contribution is 0.163. The Kier molecular flexibility index (Phi) is 9.14. The van der Waals surface area contributed by atoms with Gasteiger partial charge in [0.1, 0.15) is 5.75 Å². The number of aliphatic hydroxyl groups excluding tert-OH is 1. The quantitative estimate of drug-likeness (QED) is 0.559. The van der Waals surface area contributed by atoms with Crippen molar-refractivity contribution in [3.05, 3.63) is 29.8 Å². The van der Waals surface area contributed by atoms with Crippen LogP contribution in [0.25, 0.3) is 0 Å². The normalized spacial score (nSPS) is 12.3. The lowest BCUT2D eigenvalue weighted by atomic mass is 10.0. The van der Waals surface area contributed by atoms with Crippen molar-refractivity contribution >= 4 is 0 Å². The second-order valence-corrected chi connectivity index (χ2v) is 5.43. The molecule has 1 aromatic rings. The molecule has 1 rings (SSSR count). The summed E-state index contributed by atoms with van der Waals surface area (Å²) in [5.74, 6) is 0.851. The average Bonchev–Trinajstić information content (AvgIpc) is 2.47. The lowest BCUT2D eigenvalue weighted by Crippen LogP contribution is -1.99. The molecular formula is C18H30O2. The molecule has 114 valence electrons. The minimum atomic E-state index is -0.356. The van der Waals surface area contributed by atoms with Gasteiger partial charge in [-0.15, -0.1) is 0 Å². The van der Waals surface area contributed by atoms with E-state index >= 15 is 0 Å². The van der Waals surface area contributed by atoms with E-state index in [9.17, 15) is 5.11 Å². The standard InChI is InChI=1S/C18H30O2/c1-3-5-6-7-8-9-10-14-18(19)16-12-11-13-17(15-16)20-4-2/h11-13,15,18-19H,3-10,14H2,1-2H3. The van der Waals surface area contributed by atoms with Crippen molar-refractivity contribution in [1.82, 2.24) is 0 Å². The van der Waals surface area contributed by atoms with Gasteiger partial charge >= 0.3 is 0 Å². The van der Waals surface area contributed by atoms with Crippen molar-refractivity contribution < 1.29 is 9.84 Å². The number of rotatable bonds is 11. The molecule has 2 nitrogen and oxygen atoms in total. The van der Waals surface area contributed by atoms with E-state index < -0.39 is 0 Å². The van der Waals surface area contributed by atoms with E-state index in [1.165, 1.54) is 38.5 Å². The fourth-order valence-corrected chi connectivity index (χ4v) is 2.44. The average molecular weight is 278 g/mol. The van der Waals surface area contributed by atoms with Crippen LogP contribution < -0.4 is 4.74 Å². The van der Waals surface area contributed by atoms with Gasteiger partial charge < -0.3 is 9.84 Å². The summed E-state index contributed by atoms with van der Waals surface area (Å²) in [4.78, 5) is 0. The first-order valence-corrected chi connectivity index (χ1v) is 8.18. The highest BCUT2D eigenvalue weighted by atomic mass is 16.5. The van der Waals surface area contributed by atoms with Crippen LogP contribution in [0, 0.1) is 0 Å². The van der Waals surface area contributed by atoms with Crippen LogP contribution in [0.15, 0.2) is 24.3 Å². The first-order valence-electron chi connectivity index (χ1n) is 8.18. The van der Waals surface area contributed by atoms with Gasteiger partial charge in [-0.3, -0.25) is 0 Å². The van der Waals surface area contributed by atoms with Crippen LogP contribution >= 0.6 is 0 Å². The Morgan fingerprint density at radius 3 is 2.40 bits per heavy atom. The maximum absolute atomic E-state index is 10.2. The molecule has 0 radical (unpaired) electrons. The molecule has 0 saturated heterocycles. The predicted octanol–water partition coefficient (Wildman–Crippen LogP) is 5.26. The molecule has 0 heterocycles. The Bertz CT molecular complexity index is 349. The highest BCUT2D eigenvalue weighted by molar-refractivity contribution is 5.29. The van der Waals surface area contributed by atoms with Gasteiger partial charge in [-0.25, -0.2) is 0 Å². The highest BCUT2D eigenvalue weighted by Crippen LogP contribution is 2.23. The largest absolute Gasteiger partial charge is 0.494 e. The zero-order valence-electron chi connectivity index (χ0n) is 13.1. The number of ether oxygens (including phenoxy) is 1. The number of hydrogen-bond donors (Lipinski definition) is 1. The lowest BCUT2D eigenvalue weighted by Gasteiger charge is -2.12. The molecule has 1 unspecified atom stereocenters. The van der Waals surface area contributed by atoms with E-state index in [1.54, 1.807) is 0 Å². The second kappa shape index (κ2) is 10.7. The minimum absolute atomic E-state index is 0.356. The molecule has 1 N–H and O–H groups in total. The van der Waals surface area contributed by atoms with E-state index in [2.05, 4.69) is 6.92 Å². The smallest absolute Gasteiger partial charge is 0.119 e. The minimum Gasteiger partial charge on any atom is -0.494 e. The van der Waals surface area contributed by atoms with Crippen LogP contribution in [0.3, 0.4) is 0 Å². The molecular weight excluding hydrogens is 248 g/mol. The first kappa shape index (κ1) is 17.0. The molecule has 0 fully saturated rings. The summed E-state index contributed by atoms with van der Waals surface area (Å²) in [6.07, 6.45) is 9.47. The van der Waals surface area contributed by atoms with Crippen molar-refractivity contribution in [1.29, 1.82) is 0 Å². The molecule has 0 saturated carbocycles. The van der Waals surface area contributed by atoms with Gasteiger partial charge in [-0.2, -0.15) is 0 Å². The van der Waals surface area contributed by atoms with E-state index in [1.807, 2.05) is 31.2 Å². The van der Waals surface area contributed by atoms with Crippen LogP contribution in [0.5, 0.6) is 5.75 Å². The number of hydrogen-bond acceptors (Lipinski definition) is 2. The highest BCUT2D eigenvalue weighted by Gasteiger charge is 2.08. The van der Waals surface area contributed by atoms with Crippen LogP contribution in [-0.4, -0.2) is 11.7 Å². The van der Waals surface area contributed by atoms with Crippen LogP contribution in [0.1, 0.15) is 76.9 Å². The molecule has 20 heavy (non-hydrogen) atoms. The van der Waals surface area contributed by atoms with Gasteiger partial charge in [0, 0.05) is 0 Å². The van der Waals surface area contributed by atoms with Gasteiger partial charge in [-0.1, -0.05) is 64.0 Å². The Morgan fingerprint density at radius 2 is 1.70 bits per heavy atom. The van der Waals surface area contributed by atoms with Crippen LogP contribution in [0.2, 0.25) is 0 Å². The summed E-state index contributed by atoms with van der Waals surface area (Å²) >= 11 is 0. The van der Waals surface area contributed by atoms with Crippen LogP contribution in [0.4, 0.5) is 0 Å². The van der Waals surface area contributed by atoms with Gasteiger partial charge in [0.25, 0.3) is 0 Å². The van der Waals surface area contributed by atoms with E-state index in [0.29, 0.717) is 6.61 Å². The maximum Gasteiger partial charge on any atom is 0.119 e. The van der Waals surface area contributed by atoms with Crippen molar-refractivity contribution in [3.8, 4) is 5.75 Å². The maximum atomic E-state index is 10.2. The Balaban J connectivity index is 2.21. The van der Waals surface area contributed by atoms with E-state index in [0.717, 1.165) is 24.2 Å². The number of benzene rings is 1. The summed E-state index contributed by atoms with van der Waals surface area (Å²) in [7, 11) is 0. The number of aliphatic hydroxyl groups is 1.